The van der Waals surface area contributed by atoms with Crippen LogP contribution in [0.1, 0.15) is 26.3 Å². The monoisotopic (exact) mass is 274 g/mol. The van der Waals surface area contributed by atoms with E-state index in [2.05, 4.69) is 20.8 Å². The Morgan fingerprint density at radius 3 is 2.11 bits per heavy atom. The van der Waals surface area contributed by atoms with Crippen LogP contribution in [0, 0.1) is 0 Å². The first kappa shape index (κ1) is 13.8. The summed E-state index contributed by atoms with van der Waals surface area (Å²) in [6.45, 7) is 6.20. The van der Waals surface area contributed by atoms with E-state index in [0.717, 1.165) is 15.4 Å². The highest BCUT2D eigenvalue weighted by Gasteiger charge is 2.20. The fraction of sp³-hybridized carbons (Fsp3) is 0.250. The van der Waals surface area contributed by atoms with Crippen LogP contribution in [0.3, 0.4) is 0 Å². The summed E-state index contributed by atoms with van der Waals surface area (Å²) in [5, 5.41) is 20.2. The van der Waals surface area contributed by atoms with Crippen LogP contribution >= 0.6 is 11.8 Å². The van der Waals surface area contributed by atoms with Crippen molar-refractivity contribution in [1.82, 2.24) is 0 Å². The Kier molecular flexibility index (Phi) is 3.76. The van der Waals surface area contributed by atoms with Crippen LogP contribution in [0.25, 0.3) is 0 Å². The topological polar surface area (TPSA) is 40.5 Å². The van der Waals surface area contributed by atoms with Gasteiger partial charge in [-0.25, -0.2) is 0 Å². The lowest BCUT2D eigenvalue weighted by molar-refractivity contribution is 0.434. The Balaban J connectivity index is 2.40. The third kappa shape index (κ3) is 3.04. The Labute approximate surface area is 118 Å². The molecule has 19 heavy (non-hydrogen) atoms. The van der Waals surface area contributed by atoms with E-state index in [1.807, 2.05) is 30.3 Å². The van der Waals surface area contributed by atoms with Crippen molar-refractivity contribution in [3.63, 3.8) is 0 Å². The predicted octanol–water partition coefficient (Wildman–Crippen LogP) is 4.55. The van der Waals surface area contributed by atoms with Crippen LogP contribution in [0.2, 0.25) is 0 Å². The standard InChI is InChI=1S/C16H18O2S/c1-16(2,3)11-7-6-10-14(15(11)18)19-13-9-5-4-8-12(13)17/h4-10,17-18H,1-3H3. The molecule has 0 aliphatic carbocycles. The minimum Gasteiger partial charge on any atom is -0.507 e. The molecule has 0 unspecified atom stereocenters. The molecule has 0 bridgehead atoms. The molecule has 100 valence electrons. The molecule has 2 aromatic carbocycles. The van der Waals surface area contributed by atoms with Gasteiger partial charge in [-0.15, -0.1) is 0 Å². The molecule has 3 heteroatoms. The summed E-state index contributed by atoms with van der Waals surface area (Å²) >= 11 is 1.37. The average molecular weight is 274 g/mol. The summed E-state index contributed by atoms with van der Waals surface area (Å²) in [5.74, 6) is 0.524. The molecule has 0 fully saturated rings. The predicted molar refractivity (Wildman–Crippen MR) is 79.0 cm³/mol. The van der Waals surface area contributed by atoms with Crippen LogP contribution in [-0.2, 0) is 5.41 Å². The molecule has 2 aromatic rings. The Bertz CT molecular complexity index is 586. The second-order valence-electron chi connectivity index (χ2n) is 5.47. The van der Waals surface area contributed by atoms with E-state index in [9.17, 15) is 10.2 Å². The van der Waals surface area contributed by atoms with E-state index in [1.165, 1.54) is 11.8 Å². The van der Waals surface area contributed by atoms with E-state index in [-0.39, 0.29) is 11.2 Å². The molecule has 0 amide bonds. The van der Waals surface area contributed by atoms with Crippen molar-refractivity contribution >= 4 is 11.8 Å². The van der Waals surface area contributed by atoms with Crippen molar-refractivity contribution in [2.24, 2.45) is 0 Å². The summed E-state index contributed by atoms with van der Waals surface area (Å²) in [5.41, 5.74) is 0.798. The van der Waals surface area contributed by atoms with Crippen LogP contribution in [0.4, 0.5) is 0 Å². The highest BCUT2D eigenvalue weighted by Crippen LogP contribution is 2.42. The number of benzene rings is 2. The Morgan fingerprint density at radius 2 is 1.47 bits per heavy atom. The lowest BCUT2D eigenvalue weighted by atomic mass is 9.86. The Hall–Kier alpha value is -1.61. The lowest BCUT2D eigenvalue weighted by Gasteiger charge is -2.21. The molecule has 0 atom stereocenters. The van der Waals surface area contributed by atoms with Crippen LogP contribution in [0.15, 0.2) is 52.3 Å². The summed E-state index contributed by atoms with van der Waals surface area (Å²) in [7, 11) is 0. The van der Waals surface area contributed by atoms with Gasteiger partial charge in [0, 0.05) is 5.56 Å². The molecule has 2 N–H and O–H groups in total. The lowest BCUT2D eigenvalue weighted by Crippen LogP contribution is -2.11. The summed E-state index contributed by atoms with van der Waals surface area (Å²) in [6, 6.07) is 12.9. The second-order valence-corrected chi connectivity index (χ2v) is 6.56. The van der Waals surface area contributed by atoms with Crippen LogP contribution in [0.5, 0.6) is 11.5 Å². The van der Waals surface area contributed by atoms with Gasteiger partial charge in [0.05, 0.1) is 9.79 Å². The fourth-order valence-electron chi connectivity index (χ4n) is 1.87. The van der Waals surface area contributed by atoms with Gasteiger partial charge in [-0.05, 0) is 23.6 Å². The van der Waals surface area contributed by atoms with Gasteiger partial charge in [0.25, 0.3) is 0 Å². The Morgan fingerprint density at radius 1 is 0.842 bits per heavy atom. The van der Waals surface area contributed by atoms with E-state index in [1.54, 1.807) is 12.1 Å². The van der Waals surface area contributed by atoms with Crippen LogP contribution < -0.4 is 0 Å². The van der Waals surface area contributed by atoms with Crippen molar-refractivity contribution in [2.75, 3.05) is 0 Å². The number of hydrogen-bond donors (Lipinski definition) is 2. The van der Waals surface area contributed by atoms with Gasteiger partial charge in [-0.3, -0.25) is 0 Å². The molecule has 0 aliphatic heterocycles. The highest BCUT2D eigenvalue weighted by molar-refractivity contribution is 7.99. The zero-order valence-electron chi connectivity index (χ0n) is 11.3. The van der Waals surface area contributed by atoms with Crippen molar-refractivity contribution in [3.05, 3.63) is 48.0 Å². The van der Waals surface area contributed by atoms with Gasteiger partial charge < -0.3 is 10.2 Å². The van der Waals surface area contributed by atoms with Gasteiger partial charge in [0.15, 0.2) is 0 Å². The minimum atomic E-state index is -0.112. The molecule has 0 heterocycles. The van der Waals surface area contributed by atoms with E-state index < -0.39 is 0 Å². The first-order valence-corrected chi connectivity index (χ1v) is 6.99. The van der Waals surface area contributed by atoms with E-state index in [0.29, 0.717) is 5.75 Å². The van der Waals surface area contributed by atoms with Crippen LogP contribution in [-0.4, -0.2) is 10.2 Å². The van der Waals surface area contributed by atoms with Crippen molar-refractivity contribution in [1.29, 1.82) is 0 Å². The molecule has 0 aromatic heterocycles. The number of aromatic hydroxyl groups is 2. The summed E-state index contributed by atoms with van der Waals surface area (Å²) in [4.78, 5) is 1.50. The molecule has 0 radical (unpaired) electrons. The second kappa shape index (κ2) is 5.17. The molecule has 0 saturated carbocycles. The highest BCUT2D eigenvalue weighted by atomic mass is 32.2. The SMILES string of the molecule is CC(C)(C)c1cccc(Sc2ccccc2O)c1O. The first-order valence-electron chi connectivity index (χ1n) is 6.18. The summed E-state index contributed by atoms with van der Waals surface area (Å²) < 4.78 is 0. The third-order valence-electron chi connectivity index (χ3n) is 2.89. The average Bonchev–Trinajstić information content (AvgIpc) is 2.33. The van der Waals surface area contributed by atoms with Crippen molar-refractivity contribution in [2.45, 2.75) is 36.0 Å². The molecule has 0 saturated heterocycles. The quantitative estimate of drug-likeness (QED) is 0.844. The largest absolute Gasteiger partial charge is 0.507 e. The number of phenolic OH excluding ortho intramolecular Hbond substituents is 2. The van der Waals surface area contributed by atoms with Gasteiger partial charge in [0.1, 0.15) is 11.5 Å². The van der Waals surface area contributed by atoms with Gasteiger partial charge >= 0.3 is 0 Å². The maximum absolute atomic E-state index is 10.4. The van der Waals surface area contributed by atoms with E-state index in [4.69, 9.17) is 0 Å². The van der Waals surface area contributed by atoms with Gasteiger partial charge in [0.2, 0.25) is 0 Å². The van der Waals surface area contributed by atoms with E-state index >= 15 is 0 Å². The third-order valence-corrected chi connectivity index (χ3v) is 4.01. The number of hydrogen-bond acceptors (Lipinski definition) is 3. The number of para-hydroxylation sites is 2. The molecule has 0 spiro atoms. The van der Waals surface area contributed by atoms with Gasteiger partial charge in [-0.2, -0.15) is 0 Å². The molecule has 0 aliphatic rings. The molecular weight excluding hydrogens is 256 g/mol. The van der Waals surface area contributed by atoms with Crippen molar-refractivity contribution in [3.8, 4) is 11.5 Å². The zero-order valence-corrected chi connectivity index (χ0v) is 12.2. The molecule has 2 nitrogen and oxygen atoms in total. The maximum Gasteiger partial charge on any atom is 0.133 e. The van der Waals surface area contributed by atoms with Gasteiger partial charge in [-0.1, -0.05) is 56.8 Å². The minimum absolute atomic E-state index is 0.112. The fourth-order valence-corrected chi connectivity index (χ4v) is 2.78. The smallest absolute Gasteiger partial charge is 0.133 e. The molecule has 2 rings (SSSR count). The first-order chi connectivity index (χ1) is 8.89. The molecular formula is C16H18O2S. The zero-order chi connectivity index (χ0) is 14.0. The summed E-state index contributed by atoms with van der Waals surface area (Å²) in [6.07, 6.45) is 0. The van der Waals surface area contributed by atoms with Crippen molar-refractivity contribution < 1.29 is 10.2 Å². The number of rotatable bonds is 2. The maximum atomic E-state index is 10.4. The number of phenols is 2. The normalized spacial score (nSPS) is 11.5.